The number of aromatic amines is 2. The molecule has 1 aliphatic carbocycles. The van der Waals surface area contributed by atoms with Crippen LogP contribution in [0.4, 0.5) is 0 Å². The maximum absolute atomic E-state index is 12.7. The van der Waals surface area contributed by atoms with E-state index in [-0.39, 0.29) is 5.91 Å². The molecule has 5 rings (SSSR count). The first-order valence-electron chi connectivity index (χ1n) is 9.28. The van der Waals surface area contributed by atoms with E-state index in [2.05, 4.69) is 31.8 Å². The molecule has 6 heteroatoms. The van der Waals surface area contributed by atoms with E-state index in [0.29, 0.717) is 5.69 Å². The Morgan fingerprint density at radius 2 is 1.96 bits per heavy atom. The summed E-state index contributed by atoms with van der Waals surface area (Å²) in [7, 11) is 0. The number of nitrogens with zero attached hydrogens (tertiary/aromatic N) is 2. The molecule has 1 aliphatic rings. The van der Waals surface area contributed by atoms with E-state index in [4.69, 9.17) is 0 Å². The number of benzene rings is 2. The minimum atomic E-state index is -0.276. The van der Waals surface area contributed by atoms with Crippen LogP contribution >= 0.6 is 0 Å². The summed E-state index contributed by atoms with van der Waals surface area (Å²) in [6.07, 6.45) is 3.38. The molecule has 138 valence electrons. The van der Waals surface area contributed by atoms with Gasteiger partial charge in [-0.3, -0.25) is 9.89 Å². The lowest BCUT2D eigenvalue weighted by Gasteiger charge is -2.15. The zero-order valence-corrected chi connectivity index (χ0v) is 15.4. The molecule has 1 amide bonds. The van der Waals surface area contributed by atoms with Crippen LogP contribution in [0.5, 0.6) is 0 Å². The number of hydrogen-bond donors (Lipinski definition) is 3. The van der Waals surface area contributed by atoms with Gasteiger partial charge in [0.2, 0.25) is 0 Å². The maximum Gasteiger partial charge on any atom is 0.289 e. The van der Waals surface area contributed by atoms with E-state index in [0.717, 1.165) is 51.8 Å². The summed E-state index contributed by atoms with van der Waals surface area (Å²) in [5.41, 5.74) is 10.3. The van der Waals surface area contributed by atoms with Crippen molar-refractivity contribution in [3.8, 4) is 11.3 Å². The van der Waals surface area contributed by atoms with Gasteiger partial charge < -0.3 is 4.98 Å². The number of carbonyl (C=O) groups is 1. The predicted octanol–water partition coefficient (Wildman–Crippen LogP) is 3.73. The molecule has 0 radical (unpaired) electrons. The number of H-pyrrole nitrogens is 2. The molecule has 0 aliphatic heterocycles. The minimum Gasteiger partial charge on any atom is -0.358 e. The van der Waals surface area contributed by atoms with Crippen molar-refractivity contribution >= 4 is 23.0 Å². The second kappa shape index (κ2) is 6.49. The molecule has 28 heavy (non-hydrogen) atoms. The number of aromatic nitrogens is 3. The number of nitrogens with one attached hydrogen (secondary N) is 3. The van der Waals surface area contributed by atoms with Gasteiger partial charge >= 0.3 is 0 Å². The molecule has 0 fully saturated rings. The van der Waals surface area contributed by atoms with Crippen molar-refractivity contribution in [1.82, 2.24) is 20.6 Å². The highest BCUT2D eigenvalue weighted by molar-refractivity contribution is 6.01. The molecule has 0 spiro atoms. The topological polar surface area (TPSA) is 85.9 Å². The fourth-order valence-corrected chi connectivity index (χ4v) is 3.92. The molecule has 0 saturated carbocycles. The number of fused-ring (bicyclic) bond motifs is 4. The van der Waals surface area contributed by atoms with Gasteiger partial charge in [-0.05, 0) is 31.4 Å². The average molecular weight is 369 g/mol. The van der Waals surface area contributed by atoms with Crippen molar-refractivity contribution in [2.45, 2.75) is 19.8 Å². The summed E-state index contributed by atoms with van der Waals surface area (Å²) >= 11 is 0. The van der Waals surface area contributed by atoms with Gasteiger partial charge in [0.15, 0.2) is 0 Å². The fraction of sp³-hybridized carbons (Fsp3) is 0.136. The van der Waals surface area contributed by atoms with Gasteiger partial charge in [-0.2, -0.15) is 10.2 Å². The molecule has 6 nitrogen and oxygen atoms in total. The Morgan fingerprint density at radius 1 is 1.14 bits per heavy atom. The number of hydrazone groups is 1. The third-order valence-corrected chi connectivity index (χ3v) is 5.31. The number of carbonyl (C=O) groups excluding carboxylic acids is 1. The van der Waals surface area contributed by atoms with E-state index < -0.39 is 0 Å². The fourth-order valence-electron chi connectivity index (χ4n) is 3.92. The summed E-state index contributed by atoms with van der Waals surface area (Å²) in [5, 5.41) is 12.5. The van der Waals surface area contributed by atoms with Crippen molar-refractivity contribution in [3.05, 3.63) is 76.6 Å². The number of rotatable bonds is 3. The highest BCUT2D eigenvalue weighted by Gasteiger charge is 2.24. The smallest absolute Gasteiger partial charge is 0.289 e. The first kappa shape index (κ1) is 16.5. The summed E-state index contributed by atoms with van der Waals surface area (Å²) < 4.78 is 0. The monoisotopic (exact) mass is 369 g/mol. The van der Waals surface area contributed by atoms with E-state index >= 15 is 0 Å². The summed E-state index contributed by atoms with van der Waals surface area (Å²) in [5.74, 6) is -0.276. The van der Waals surface area contributed by atoms with Crippen LogP contribution < -0.4 is 5.43 Å². The zero-order valence-electron chi connectivity index (χ0n) is 15.4. The molecule has 0 atom stereocenters. The lowest BCUT2D eigenvalue weighted by molar-refractivity contribution is 0.0949. The van der Waals surface area contributed by atoms with E-state index in [1.807, 2.05) is 49.4 Å². The summed E-state index contributed by atoms with van der Waals surface area (Å²) in [6, 6.07) is 16.2. The van der Waals surface area contributed by atoms with Crippen molar-refractivity contribution in [2.75, 3.05) is 0 Å². The van der Waals surface area contributed by atoms with Gasteiger partial charge in [-0.15, -0.1) is 0 Å². The Balaban J connectivity index is 1.39. The highest BCUT2D eigenvalue weighted by atomic mass is 16.2. The van der Waals surface area contributed by atoms with Crippen molar-refractivity contribution < 1.29 is 4.79 Å². The third kappa shape index (κ3) is 2.62. The van der Waals surface area contributed by atoms with Crippen LogP contribution in [0, 0.1) is 6.92 Å². The molecule has 0 bridgehead atoms. The van der Waals surface area contributed by atoms with Crippen molar-refractivity contribution in [2.24, 2.45) is 5.10 Å². The van der Waals surface area contributed by atoms with Gasteiger partial charge in [0.1, 0.15) is 5.69 Å². The third-order valence-electron chi connectivity index (χ3n) is 5.31. The van der Waals surface area contributed by atoms with Crippen LogP contribution in [0.3, 0.4) is 0 Å². The molecule has 2 aromatic heterocycles. The molecule has 3 N–H and O–H groups in total. The number of aryl methyl sites for hydroxylation is 2. The van der Waals surface area contributed by atoms with Crippen LogP contribution in [0.2, 0.25) is 0 Å². The molecule has 0 unspecified atom stereocenters. The summed E-state index contributed by atoms with van der Waals surface area (Å²) in [6.45, 7) is 1.99. The Morgan fingerprint density at radius 3 is 2.89 bits per heavy atom. The second-order valence-electron chi connectivity index (χ2n) is 6.99. The van der Waals surface area contributed by atoms with Crippen LogP contribution in [-0.2, 0) is 12.8 Å². The van der Waals surface area contributed by atoms with Crippen LogP contribution in [0.1, 0.15) is 32.9 Å². The Hall–Kier alpha value is -3.67. The largest absolute Gasteiger partial charge is 0.358 e. The zero-order chi connectivity index (χ0) is 19.1. The molecular formula is C22H19N5O. The first-order valence-corrected chi connectivity index (χ1v) is 9.28. The van der Waals surface area contributed by atoms with E-state index in [9.17, 15) is 4.79 Å². The summed E-state index contributed by atoms with van der Waals surface area (Å²) in [4.78, 5) is 16.0. The number of para-hydroxylation sites is 1. The number of amides is 1. The maximum atomic E-state index is 12.7. The van der Waals surface area contributed by atoms with Gasteiger partial charge in [-0.25, -0.2) is 5.43 Å². The van der Waals surface area contributed by atoms with Crippen LogP contribution in [0.15, 0.2) is 53.6 Å². The normalized spacial score (nSPS) is 12.9. The minimum absolute atomic E-state index is 0.276. The lowest BCUT2D eigenvalue weighted by atomic mass is 9.89. The quantitative estimate of drug-likeness (QED) is 0.380. The Kier molecular flexibility index (Phi) is 3.83. The Bertz CT molecular complexity index is 1230. The van der Waals surface area contributed by atoms with Crippen LogP contribution in [-0.4, -0.2) is 27.3 Å². The SMILES string of the molecule is Cc1[nH]c2ccccc2c1/C=N/NC(=O)c1[nH]nc2c1CCc1ccccc1-2. The van der Waals surface area contributed by atoms with Crippen LogP contribution in [0.25, 0.3) is 22.2 Å². The van der Waals surface area contributed by atoms with E-state index in [1.165, 1.54) is 5.56 Å². The van der Waals surface area contributed by atoms with Gasteiger partial charge in [0.25, 0.3) is 5.91 Å². The average Bonchev–Trinajstić information content (AvgIpc) is 3.29. The van der Waals surface area contributed by atoms with Gasteiger partial charge in [0, 0.05) is 33.3 Å². The lowest BCUT2D eigenvalue weighted by Crippen LogP contribution is -2.20. The van der Waals surface area contributed by atoms with E-state index in [1.54, 1.807) is 6.21 Å². The molecule has 2 heterocycles. The van der Waals surface area contributed by atoms with Crippen molar-refractivity contribution in [1.29, 1.82) is 0 Å². The molecular weight excluding hydrogens is 350 g/mol. The standard InChI is InChI=1S/C22H19N5O/c1-13-18(16-8-4-5-9-19(16)24-13)12-23-27-22(28)21-17-11-10-14-6-2-3-7-15(14)20(17)25-26-21/h2-9,12,24H,10-11H2,1H3,(H,25,26)(H,27,28)/b23-12+. The Labute approximate surface area is 161 Å². The molecule has 2 aromatic carbocycles. The van der Waals surface area contributed by atoms with Gasteiger partial charge in [0.05, 0.1) is 11.9 Å². The molecule has 4 aromatic rings. The highest BCUT2D eigenvalue weighted by Crippen LogP contribution is 2.33. The number of hydrogen-bond acceptors (Lipinski definition) is 3. The van der Waals surface area contributed by atoms with Gasteiger partial charge in [-0.1, -0.05) is 42.5 Å². The first-order chi connectivity index (χ1) is 13.7. The van der Waals surface area contributed by atoms with Crippen molar-refractivity contribution in [3.63, 3.8) is 0 Å². The second-order valence-corrected chi connectivity index (χ2v) is 6.99. The molecule has 0 saturated heterocycles. The predicted molar refractivity (Wildman–Crippen MR) is 110 cm³/mol.